The average Bonchev–Trinajstić information content (AvgIpc) is 3.11. The third-order valence-corrected chi connectivity index (χ3v) is 7.40. The van der Waals surface area contributed by atoms with Gasteiger partial charge in [0.25, 0.3) is 16.8 Å². The summed E-state index contributed by atoms with van der Waals surface area (Å²) >= 11 is 6.57. The van der Waals surface area contributed by atoms with Gasteiger partial charge in [-0.1, -0.05) is 24.3 Å². The lowest BCUT2D eigenvalue weighted by molar-refractivity contribution is -0.384. The molecule has 0 unspecified atom stereocenters. The Labute approximate surface area is 233 Å². The molecule has 1 saturated heterocycles. The minimum absolute atomic E-state index is 0.0536. The number of hydrogen-bond acceptors (Lipinski definition) is 7. The number of benzene rings is 3. The van der Waals surface area contributed by atoms with Crippen molar-refractivity contribution in [1.29, 1.82) is 0 Å². The van der Waals surface area contributed by atoms with E-state index in [0.29, 0.717) is 33.7 Å². The van der Waals surface area contributed by atoms with Gasteiger partial charge in [-0.3, -0.25) is 24.6 Å². The lowest BCUT2D eigenvalue weighted by Crippen LogP contribution is -2.27. The first-order valence-electron chi connectivity index (χ1n) is 10.5. The van der Waals surface area contributed by atoms with Gasteiger partial charge in [0.05, 0.1) is 28.0 Å². The number of amides is 2. The molecule has 0 spiro atoms. The summed E-state index contributed by atoms with van der Waals surface area (Å²) in [6, 6.07) is 17.3. The summed E-state index contributed by atoms with van der Waals surface area (Å²) in [7, 11) is 1.52. The van der Waals surface area contributed by atoms with Crippen molar-refractivity contribution in [2.24, 2.45) is 0 Å². The maximum Gasteiger partial charge on any atom is 0.293 e. The normalized spacial score (nSPS) is 14.4. The third kappa shape index (κ3) is 6.08. The molecule has 4 rings (SSSR count). The predicted molar refractivity (Wildman–Crippen MR) is 149 cm³/mol. The second-order valence-corrected chi connectivity index (χ2v) is 10.7. The van der Waals surface area contributed by atoms with Crippen molar-refractivity contribution >= 4 is 73.2 Å². The second-order valence-electron chi connectivity index (χ2n) is 7.64. The van der Waals surface area contributed by atoms with Crippen molar-refractivity contribution in [3.63, 3.8) is 0 Å². The van der Waals surface area contributed by atoms with Crippen LogP contribution in [0.25, 0.3) is 6.08 Å². The van der Waals surface area contributed by atoms with E-state index in [0.717, 1.165) is 25.8 Å². The molecule has 0 bridgehead atoms. The molecular weight excluding hydrogens is 663 g/mol. The van der Waals surface area contributed by atoms with Gasteiger partial charge in [-0.05, 0) is 97.3 Å². The summed E-state index contributed by atoms with van der Waals surface area (Å²) in [4.78, 5) is 37.3. The third-order valence-electron chi connectivity index (χ3n) is 5.18. The molecule has 1 aliphatic heterocycles. The van der Waals surface area contributed by atoms with Gasteiger partial charge in [-0.15, -0.1) is 0 Å². The highest BCUT2D eigenvalue weighted by Gasteiger charge is 2.35. The Balaban J connectivity index is 1.52. The highest BCUT2D eigenvalue weighted by Crippen LogP contribution is 2.39. The fourth-order valence-corrected chi connectivity index (χ4v) is 5.21. The number of nitro benzene ring substituents is 1. The lowest BCUT2D eigenvalue weighted by Gasteiger charge is -2.14. The van der Waals surface area contributed by atoms with Crippen LogP contribution in [0.2, 0.25) is 0 Å². The van der Waals surface area contributed by atoms with Crippen molar-refractivity contribution in [3.05, 3.63) is 100 Å². The molecule has 3 aromatic carbocycles. The number of halogens is 2. The molecule has 36 heavy (non-hydrogen) atoms. The molecule has 0 aromatic heterocycles. The SMILES string of the molecule is COc1cc(/C=C2/SC(=O)N(Cc3cccc([N+](=O)[O-])c3)C2=O)cc(Br)c1OCc1ccc(I)cc1. The molecule has 1 heterocycles. The fourth-order valence-electron chi connectivity index (χ4n) is 3.44. The van der Waals surface area contributed by atoms with Gasteiger partial charge in [-0.2, -0.15) is 0 Å². The van der Waals surface area contributed by atoms with Crippen molar-refractivity contribution < 1.29 is 24.0 Å². The van der Waals surface area contributed by atoms with Crippen molar-refractivity contribution in [2.45, 2.75) is 13.2 Å². The van der Waals surface area contributed by atoms with Crippen molar-refractivity contribution in [1.82, 2.24) is 4.90 Å². The maximum atomic E-state index is 12.9. The van der Waals surface area contributed by atoms with Crippen LogP contribution >= 0.6 is 50.3 Å². The van der Waals surface area contributed by atoms with E-state index in [9.17, 15) is 19.7 Å². The lowest BCUT2D eigenvalue weighted by atomic mass is 10.1. The van der Waals surface area contributed by atoms with Crippen LogP contribution < -0.4 is 9.47 Å². The molecule has 2 amide bonds. The first-order valence-corrected chi connectivity index (χ1v) is 13.2. The standard InChI is InChI=1S/C25H18BrIN2O6S/c1-34-21-11-17(10-20(26)23(21)35-14-15-5-7-18(27)8-6-15)12-22-24(30)28(25(31)36-22)13-16-3-2-4-19(9-16)29(32)33/h2-12H,13-14H2,1H3/b22-12+. The molecule has 8 nitrogen and oxygen atoms in total. The Morgan fingerprint density at radius 3 is 2.56 bits per heavy atom. The number of rotatable bonds is 8. The summed E-state index contributed by atoms with van der Waals surface area (Å²) in [6.45, 7) is 0.295. The van der Waals surface area contributed by atoms with Crippen molar-refractivity contribution in [2.75, 3.05) is 7.11 Å². The molecule has 0 atom stereocenters. The Hall–Kier alpha value is -2.90. The van der Waals surface area contributed by atoms with Gasteiger partial charge in [0.1, 0.15) is 6.61 Å². The van der Waals surface area contributed by atoms with E-state index in [2.05, 4.69) is 38.5 Å². The molecule has 11 heteroatoms. The fraction of sp³-hybridized carbons (Fsp3) is 0.120. The highest BCUT2D eigenvalue weighted by atomic mass is 127. The number of imide groups is 1. The van der Waals surface area contributed by atoms with E-state index in [1.54, 1.807) is 24.3 Å². The molecule has 0 radical (unpaired) electrons. The molecule has 184 valence electrons. The Morgan fingerprint density at radius 1 is 1.11 bits per heavy atom. The monoisotopic (exact) mass is 680 g/mol. The maximum absolute atomic E-state index is 12.9. The number of hydrogen-bond donors (Lipinski definition) is 0. The summed E-state index contributed by atoms with van der Waals surface area (Å²) in [5.74, 6) is 0.523. The molecular formula is C25H18BrIN2O6S. The number of carbonyl (C=O) groups excluding carboxylic acids is 2. The molecule has 1 aliphatic rings. The van der Waals surface area contributed by atoms with E-state index < -0.39 is 16.1 Å². The first-order chi connectivity index (χ1) is 17.2. The van der Waals surface area contributed by atoms with Gasteiger partial charge in [0.15, 0.2) is 11.5 Å². The Kier molecular flexibility index (Phi) is 8.32. The summed E-state index contributed by atoms with van der Waals surface area (Å²) in [5, 5.41) is 10.6. The summed E-state index contributed by atoms with van der Waals surface area (Å²) in [6.07, 6.45) is 1.61. The Bertz CT molecular complexity index is 1380. The van der Waals surface area contributed by atoms with Gasteiger partial charge in [0, 0.05) is 15.7 Å². The Morgan fingerprint density at radius 2 is 1.86 bits per heavy atom. The second kappa shape index (κ2) is 11.4. The largest absolute Gasteiger partial charge is 0.493 e. The van der Waals surface area contributed by atoms with Gasteiger partial charge < -0.3 is 9.47 Å². The summed E-state index contributed by atoms with van der Waals surface area (Å²) < 4.78 is 13.3. The van der Waals surface area contributed by atoms with Crippen LogP contribution in [-0.2, 0) is 17.9 Å². The van der Waals surface area contributed by atoms with E-state index >= 15 is 0 Å². The average molecular weight is 681 g/mol. The number of ether oxygens (including phenoxy) is 2. The van der Waals surface area contributed by atoms with Crippen LogP contribution in [0.5, 0.6) is 11.5 Å². The zero-order valence-electron chi connectivity index (χ0n) is 18.8. The predicted octanol–water partition coefficient (Wildman–Crippen LogP) is 6.79. The van der Waals surface area contributed by atoms with E-state index in [1.807, 2.05) is 24.3 Å². The molecule has 3 aromatic rings. The van der Waals surface area contributed by atoms with Crippen molar-refractivity contribution in [3.8, 4) is 11.5 Å². The van der Waals surface area contributed by atoms with Crippen LogP contribution in [0.1, 0.15) is 16.7 Å². The number of non-ortho nitro benzene ring substituents is 1. The number of methoxy groups -OCH3 is 1. The first kappa shape index (κ1) is 26.2. The zero-order valence-corrected chi connectivity index (χ0v) is 23.3. The van der Waals surface area contributed by atoms with Crippen LogP contribution in [-0.4, -0.2) is 28.1 Å². The molecule has 0 aliphatic carbocycles. The molecule has 0 N–H and O–H groups in total. The minimum atomic E-state index is -0.518. The van der Waals surface area contributed by atoms with Gasteiger partial charge in [-0.25, -0.2) is 0 Å². The van der Waals surface area contributed by atoms with Crippen LogP contribution in [0.4, 0.5) is 10.5 Å². The van der Waals surface area contributed by atoms with Crippen LogP contribution in [0.15, 0.2) is 70.0 Å². The quantitative estimate of drug-likeness (QED) is 0.112. The minimum Gasteiger partial charge on any atom is -0.493 e. The summed E-state index contributed by atoms with van der Waals surface area (Å²) in [5.41, 5.74) is 2.04. The van der Waals surface area contributed by atoms with E-state index in [4.69, 9.17) is 9.47 Å². The van der Waals surface area contributed by atoms with Gasteiger partial charge >= 0.3 is 0 Å². The molecule has 0 saturated carbocycles. The zero-order chi connectivity index (χ0) is 25.8. The van der Waals surface area contributed by atoms with Crippen LogP contribution in [0, 0.1) is 13.7 Å². The van der Waals surface area contributed by atoms with E-state index in [1.165, 1.54) is 25.3 Å². The number of thioether (sulfide) groups is 1. The number of carbonyl (C=O) groups is 2. The van der Waals surface area contributed by atoms with E-state index in [-0.39, 0.29) is 17.1 Å². The van der Waals surface area contributed by atoms with Crippen LogP contribution in [0.3, 0.4) is 0 Å². The molecule has 1 fully saturated rings. The number of nitrogens with zero attached hydrogens (tertiary/aromatic N) is 2. The smallest absolute Gasteiger partial charge is 0.293 e. The highest BCUT2D eigenvalue weighted by molar-refractivity contribution is 14.1. The number of nitro groups is 1. The topological polar surface area (TPSA) is 99.0 Å². The van der Waals surface area contributed by atoms with Gasteiger partial charge in [0.2, 0.25) is 0 Å².